The molecule has 4 rings (SSSR count). The maximum Gasteiger partial charge on any atom is 0.227 e. The summed E-state index contributed by atoms with van der Waals surface area (Å²) in [6.45, 7) is 4.19. The second-order valence-electron chi connectivity index (χ2n) is 7.62. The summed E-state index contributed by atoms with van der Waals surface area (Å²) in [7, 11) is 0. The smallest absolute Gasteiger partial charge is 0.227 e. The van der Waals surface area contributed by atoms with Crippen LogP contribution in [0.5, 0.6) is 0 Å². The van der Waals surface area contributed by atoms with Crippen LogP contribution in [0, 0.1) is 11.3 Å². The van der Waals surface area contributed by atoms with Crippen LogP contribution in [0.2, 0.25) is 0 Å². The summed E-state index contributed by atoms with van der Waals surface area (Å²) < 4.78 is 1.81. The molecule has 0 spiro atoms. The first kappa shape index (κ1) is 19.9. The highest BCUT2D eigenvalue weighted by Gasteiger charge is 2.20. The minimum Gasteiger partial charge on any atom is -0.341 e. The van der Waals surface area contributed by atoms with Crippen molar-refractivity contribution in [3.05, 3.63) is 83.7 Å². The average Bonchev–Trinajstić information content (AvgIpc) is 3.12. The van der Waals surface area contributed by atoms with Crippen molar-refractivity contribution in [2.24, 2.45) is 0 Å². The van der Waals surface area contributed by atoms with Crippen LogP contribution in [0.15, 0.2) is 67.0 Å². The quantitative estimate of drug-likeness (QED) is 0.662. The van der Waals surface area contributed by atoms with Gasteiger partial charge in [0.2, 0.25) is 5.91 Å². The lowest BCUT2D eigenvalue weighted by Gasteiger charge is -2.22. The molecular formula is C24H25N5O. The Hall–Kier alpha value is -3.43. The summed E-state index contributed by atoms with van der Waals surface area (Å²) in [6.07, 6.45) is 5.05. The number of hydrogen-bond donors (Lipinski definition) is 0. The molecule has 0 atom stereocenters. The molecule has 1 aromatic heterocycles. The monoisotopic (exact) mass is 399 g/mol. The van der Waals surface area contributed by atoms with Crippen LogP contribution < -0.4 is 0 Å². The Morgan fingerprint density at radius 2 is 1.77 bits per heavy atom. The van der Waals surface area contributed by atoms with Crippen LogP contribution in [0.3, 0.4) is 0 Å². The van der Waals surface area contributed by atoms with Crippen molar-refractivity contribution in [2.45, 2.75) is 19.4 Å². The Labute approximate surface area is 177 Å². The number of nitrogens with zero attached hydrogens (tertiary/aromatic N) is 5. The van der Waals surface area contributed by atoms with Crippen molar-refractivity contribution >= 4 is 5.91 Å². The van der Waals surface area contributed by atoms with E-state index < -0.39 is 0 Å². The van der Waals surface area contributed by atoms with Crippen molar-refractivity contribution in [3.63, 3.8) is 0 Å². The van der Waals surface area contributed by atoms with Gasteiger partial charge in [-0.1, -0.05) is 30.3 Å². The van der Waals surface area contributed by atoms with Crippen molar-refractivity contribution in [3.8, 4) is 11.8 Å². The fraction of sp³-hybridized carbons (Fsp3) is 0.292. The highest BCUT2D eigenvalue weighted by molar-refractivity contribution is 5.78. The number of carbonyl (C=O) groups excluding carboxylic acids is 1. The molecular weight excluding hydrogens is 374 g/mol. The normalized spacial score (nSPS) is 14.8. The van der Waals surface area contributed by atoms with Crippen molar-refractivity contribution in [2.75, 3.05) is 26.2 Å². The number of hydrogen-bond acceptors (Lipinski definition) is 4. The Balaban J connectivity index is 1.31. The van der Waals surface area contributed by atoms with Crippen molar-refractivity contribution < 1.29 is 4.79 Å². The van der Waals surface area contributed by atoms with Gasteiger partial charge in [0.15, 0.2) is 0 Å². The summed E-state index contributed by atoms with van der Waals surface area (Å²) in [5.74, 6) is 0.155. The summed E-state index contributed by atoms with van der Waals surface area (Å²) >= 11 is 0. The average molecular weight is 399 g/mol. The number of nitriles is 1. The maximum atomic E-state index is 12.8. The molecule has 30 heavy (non-hydrogen) atoms. The third-order valence-electron chi connectivity index (χ3n) is 5.44. The molecule has 1 saturated heterocycles. The zero-order valence-electron chi connectivity index (χ0n) is 16.9. The first-order valence-corrected chi connectivity index (χ1v) is 10.3. The van der Waals surface area contributed by atoms with E-state index in [-0.39, 0.29) is 5.91 Å². The zero-order chi connectivity index (χ0) is 20.8. The Bertz CT molecular complexity index is 1020. The van der Waals surface area contributed by atoms with Crippen LogP contribution in [0.4, 0.5) is 0 Å². The molecule has 0 saturated carbocycles. The van der Waals surface area contributed by atoms with Crippen LogP contribution in [-0.2, 0) is 17.8 Å². The molecule has 152 valence electrons. The first-order chi connectivity index (χ1) is 14.7. The number of carbonyl (C=O) groups is 1. The SMILES string of the molecule is N#Cc1ccc(CN2CCCN(C(=O)Cc3cnn(-c4ccccc4)c3)CC2)cc1. The van der Waals surface area contributed by atoms with E-state index in [1.54, 1.807) is 6.20 Å². The largest absolute Gasteiger partial charge is 0.341 e. The van der Waals surface area contributed by atoms with Crippen LogP contribution >= 0.6 is 0 Å². The summed E-state index contributed by atoms with van der Waals surface area (Å²) in [5.41, 5.74) is 3.80. The van der Waals surface area contributed by atoms with E-state index in [2.05, 4.69) is 16.1 Å². The van der Waals surface area contributed by atoms with E-state index in [0.717, 1.165) is 50.4 Å². The molecule has 1 aliphatic heterocycles. The predicted octanol–water partition coefficient (Wildman–Crippen LogP) is 3.02. The Morgan fingerprint density at radius 1 is 0.967 bits per heavy atom. The van der Waals surface area contributed by atoms with Crippen LogP contribution in [0.25, 0.3) is 5.69 Å². The highest BCUT2D eigenvalue weighted by Crippen LogP contribution is 2.13. The molecule has 1 aliphatic rings. The molecule has 0 radical (unpaired) electrons. The number of para-hydroxylation sites is 1. The molecule has 6 heteroatoms. The van der Waals surface area contributed by atoms with Gasteiger partial charge in [-0.15, -0.1) is 0 Å². The number of rotatable bonds is 5. The fourth-order valence-corrected chi connectivity index (χ4v) is 3.78. The minimum atomic E-state index is 0.155. The van der Waals surface area contributed by atoms with Gasteiger partial charge in [-0.05, 0) is 41.8 Å². The first-order valence-electron chi connectivity index (χ1n) is 10.3. The van der Waals surface area contributed by atoms with Crippen LogP contribution in [0.1, 0.15) is 23.1 Å². The molecule has 3 aromatic rings. The van der Waals surface area contributed by atoms with Gasteiger partial charge in [-0.3, -0.25) is 9.69 Å². The third kappa shape index (κ3) is 4.94. The van der Waals surface area contributed by atoms with Gasteiger partial charge in [-0.25, -0.2) is 4.68 Å². The molecule has 0 aliphatic carbocycles. The molecule has 1 amide bonds. The van der Waals surface area contributed by atoms with Gasteiger partial charge >= 0.3 is 0 Å². The topological polar surface area (TPSA) is 65.2 Å². The molecule has 1 fully saturated rings. The van der Waals surface area contributed by atoms with Gasteiger partial charge in [0.05, 0.1) is 29.9 Å². The minimum absolute atomic E-state index is 0.155. The van der Waals surface area contributed by atoms with Gasteiger partial charge in [-0.2, -0.15) is 10.4 Å². The lowest BCUT2D eigenvalue weighted by Crippen LogP contribution is -2.36. The zero-order valence-corrected chi connectivity index (χ0v) is 16.9. The van der Waals surface area contributed by atoms with Gasteiger partial charge in [0.1, 0.15) is 0 Å². The van der Waals surface area contributed by atoms with E-state index in [1.165, 1.54) is 5.56 Å². The third-order valence-corrected chi connectivity index (χ3v) is 5.44. The number of amides is 1. The van der Waals surface area contributed by atoms with E-state index in [9.17, 15) is 4.79 Å². The van der Waals surface area contributed by atoms with Crippen LogP contribution in [-0.4, -0.2) is 51.7 Å². The number of aromatic nitrogens is 2. The van der Waals surface area contributed by atoms with E-state index in [0.29, 0.717) is 12.0 Å². The van der Waals surface area contributed by atoms with Crippen molar-refractivity contribution in [1.29, 1.82) is 5.26 Å². The van der Waals surface area contributed by atoms with Gasteiger partial charge < -0.3 is 4.90 Å². The van der Waals surface area contributed by atoms with Gasteiger partial charge in [0.25, 0.3) is 0 Å². The summed E-state index contributed by atoms with van der Waals surface area (Å²) in [4.78, 5) is 17.2. The number of benzene rings is 2. The summed E-state index contributed by atoms with van der Waals surface area (Å²) in [5, 5.41) is 13.3. The maximum absolute atomic E-state index is 12.8. The molecule has 0 bridgehead atoms. The Morgan fingerprint density at radius 3 is 2.53 bits per heavy atom. The second kappa shape index (κ2) is 9.38. The molecule has 2 aromatic carbocycles. The lowest BCUT2D eigenvalue weighted by atomic mass is 10.1. The van der Waals surface area contributed by atoms with Gasteiger partial charge in [0, 0.05) is 38.9 Å². The van der Waals surface area contributed by atoms with E-state index in [1.807, 2.05) is 70.4 Å². The highest BCUT2D eigenvalue weighted by atomic mass is 16.2. The van der Waals surface area contributed by atoms with Crippen molar-refractivity contribution in [1.82, 2.24) is 19.6 Å². The lowest BCUT2D eigenvalue weighted by molar-refractivity contribution is -0.130. The molecule has 0 N–H and O–H groups in total. The molecule has 6 nitrogen and oxygen atoms in total. The standard InChI is InChI=1S/C24H25N5O/c25-16-20-7-9-21(10-8-20)18-27-11-4-12-28(14-13-27)24(30)15-22-17-26-29(19-22)23-5-2-1-3-6-23/h1-3,5-10,17,19H,4,11-15,18H2. The fourth-order valence-electron chi connectivity index (χ4n) is 3.78. The summed E-state index contributed by atoms with van der Waals surface area (Å²) in [6, 6.07) is 19.8. The molecule has 0 unspecified atom stereocenters. The predicted molar refractivity (Wildman–Crippen MR) is 115 cm³/mol. The van der Waals surface area contributed by atoms with E-state index >= 15 is 0 Å². The molecule has 2 heterocycles. The van der Waals surface area contributed by atoms with E-state index in [4.69, 9.17) is 5.26 Å². The second-order valence-corrected chi connectivity index (χ2v) is 7.62. The Kier molecular flexibility index (Phi) is 6.21.